The smallest absolute Gasteiger partial charge is 0.306 e. The molecule has 34 heavy (non-hydrogen) atoms. The minimum atomic E-state index is -0.626. The first kappa shape index (κ1) is 29.1. The average Bonchev–Trinajstić information content (AvgIpc) is 2.84. The van der Waals surface area contributed by atoms with Gasteiger partial charge in [0.2, 0.25) is 11.8 Å². The number of ether oxygens (including phenoxy) is 2. The zero-order valence-corrected chi connectivity index (χ0v) is 19.9. The molecule has 0 unspecified atom stereocenters. The molecule has 0 spiro atoms. The normalized spacial score (nSPS) is 12.3. The molecule has 0 aliphatic rings. The number of aliphatic hydroxyl groups is 1. The van der Waals surface area contributed by atoms with E-state index >= 15 is 0 Å². The standard InChI is InChI=1S/C26H38N2O6/c1-3-5-6-10-14-25(31)34-23(21-12-8-7-9-13-21)20-28-26(32)22(11-4-2)19-24(30)27-15-17-33-18-16-29/h3-4,7-9,12-13,22-23,29H,1-2,5-6,10-11,14-20H2,(H,27,30)(H,28,32)/t22-,23-/m1/s1. The van der Waals surface area contributed by atoms with Crippen LogP contribution in [0, 0.1) is 5.92 Å². The van der Waals surface area contributed by atoms with Crippen LogP contribution in [0.25, 0.3) is 0 Å². The molecule has 8 nitrogen and oxygen atoms in total. The van der Waals surface area contributed by atoms with E-state index in [-0.39, 0.29) is 50.6 Å². The molecule has 0 saturated heterocycles. The molecule has 1 aromatic carbocycles. The predicted octanol–water partition coefficient (Wildman–Crippen LogP) is 2.84. The number of esters is 1. The second-order valence-corrected chi connectivity index (χ2v) is 7.78. The van der Waals surface area contributed by atoms with Gasteiger partial charge in [-0.25, -0.2) is 0 Å². The van der Waals surface area contributed by atoms with Gasteiger partial charge in [-0.05, 0) is 31.2 Å². The summed E-state index contributed by atoms with van der Waals surface area (Å²) in [6.45, 7) is 8.16. The lowest BCUT2D eigenvalue weighted by molar-refractivity contribution is -0.150. The lowest BCUT2D eigenvalue weighted by Gasteiger charge is -2.21. The maximum Gasteiger partial charge on any atom is 0.306 e. The summed E-state index contributed by atoms with van der Waals surface area (Å²) < 4.78 is 10.8. The molecular weight excluding hydrogens is 436 g/mol. The maximum atomic E-state index is 12.8. The van der Waals surface area contributed by atoms with Crippen molar-refractivity contribution < 1.29 is 29.0 Å². The van der Waals surface area contributed by atoms with Crippen molar-refractivity contribution in [3.63, 3.8) is 0 Å². The SMILES string of the molecule is C=CCCCCC(=O)O[C@H](CNC(=O)[C@H](CC=C)CC(=O)NCCOCCO)c1ccccc1. The van der Waals surface area contributed by atoms with E-state index in [2.05, 4.69) is 23.8 Å². The van der Waals surface area contributed by atoms with Crippen LogP contribution in [0.3, 0.4) is 0 Å². The van der Waals surface area contributed by atoms with Gasteiger partial charge in [-0.3, -0.25) is 14.4 Å². The average molecular weight is 475 g/mol. The van der Waals surface area contributed by atoms with Crippen LogP contribution in [0.4, 0.5) is 0 Å². The number of carbonyl (C=O) groups excluding carboxylic acids is 3. The molecule has 3 N–H and O–H groups in total. The van der Waals surface area contributed by atoms with Crippen LogP contribution in [0.5, 0.6) is 0 Å². The number of amides is 2. The van der Waals surface area contributed by atoms with E-state index in [1.165, 1.54) is 0 Å². The highest BCUT2D eigenvalue weighted by molar-refractivity contribution is 5.86. The van der Waals surface area contributed by atoms with Crippen LogP contribution >= 0.6 is 0 Å². The van der Waals surface area contributed by atoms with Crippen molar-refractivity contribution in [1.82, 2.24) is 10.6 Å². The van der Waals surface area contributed by atoms with E-state index < -0.39 is 12.0 Å². The Kier molecular flexibility index (Phi) is 15.8. The van der Waals surface area contributed by atoms with Gasteiger partial charge in [0.25, 0.3) is 0 Å². The van der Waals surface area contributed by atoms with E-state index in [1.54, 1.807) is 6.08 Å². The van der Waals surface area contributed by atoms with Crippen LogP contribution < -0.4 is 10.6 Å². The van der Waals surface area contributed by atoms with Crippen molar-refractivity contribution in [3.8, 4) is 0 Å². The summed E-state index contributed by atoms with van der Waals surface area (Å²) in [6, 6.07) is 9.24. The molecule has 0 aliphatic carbocycles. The monoisotopic (exact) mass is 474 g/mol. The fraction of sp³-hybridized carbons (Fsp3) is 0.500. The number of allylic oxidation sites excluding steroid dienone is 2. The van der Waals surface area contributed by atoms with Gasteiger partial charge >= 0.3 is 5.97 Å². The lowest BCUT2D eigenvalue weighted by Crippen LogP contribution is -2.38. The van der Waals surface area contributed by atoms with E-state index in [0.717, 1.165) is 18.4 Å². The molecule has 2 amide bonds. The molecule has 0 fully saturated rings. The highest BCUT2D eigenvalue weighted by atomic mass is 16.5. The van der Waals surface area contributed by atoms with Gasteiger partial charge in [-0.2, -0.15) is 0 Å². The van der Waals surface area contributed by atoms with Crippen molar-refractivity contribution in [2.45, 2.75) is 44.6 Å². The Labute approximate surface area is 202 Å². The first-order valence-electron chi connectivity index (χ1n) is 11.7. The van der Waals surface area contributed by atoms with Crippen LogP contribution in [0.2, 0.25) is 0 Å². The predicted molar refractivity (Wildman–Crippen MR) is 131 cm³/mol. The highest BCUT2D eigenvalue weighted by Gasteiger charge is 2.23. The third-order valence-electron chi connectivity index (χ3n) is 5.00. The number of hydrogen-bond acceptors (Lipinski definition) is 6. The van der Waals surface area contributed by atoms with Crippen LogP contribution in [-0.4, -0.2) is 55.8 Å². The largest absolute Gasteiger partial charge is 0.456 e. The number of benzene rings is 1. The number of unbranched alkanes of at least 4 members (excludes halogenated alkanes) is 2. The van der Waals surface area contributed by atoms with Gasteiger partial charge in [-0.15, -0.1) is 13.2 Å². The summed E-state index contributed by atoms with van der Waals surface area (Å²) in [5.74, 6) is -1.51. The number of aliphatic hydroxyl groups excluding tert-OH is 1. The second-order valence-electron chi connectivity index (χ2n) is 7.78. The van der Waals surface area contributed by atoms with Crippen molar-refractivity contribution >= 4 is 17.8 Å². The molecule has 2 atom stereocenters. The summed E-state index contributed by atoms with van der Waals surface area (Å²) in [5, 5.41) is 14.2. The molecule has 1 rings (SSSR count). The molecule has 0 bridgehead atoms. The van der Waals surface area contributed by atoms with Crippen LogP contribution in [0.15, 0.2) is 55.6 Å². The number of hydrogen-bond donors (Lipinski definition) is 3. The summed E-state index contributed by atoms with van der Waals surface area (Å²) in [4.78, 5) is 37.4. The molecular formula is C26H38N2O6. The van der Waals surface area contributed by atoms with E-state index in [4.69, 9.17) is 14.6 Å². The van der Waals surface area contributed by atoms with Gasteiger partial charge in [0, 0.05) is 19.4 Å². The van der Waals surface area contributed by atoms with Gasteiger partial charge in [0.1, 0.15) is 6.10 Å². The molecule has 8 heteroatoms. The summed E-state index contributed by atoms with van der Waals surface area (Å²) >= 11 is 0. The van der Waals surface area contributed by atoms with Gasteiger partial charge in [0.05, 0.1) is 32.3 Å². The van der Waals surface area contributed by atoms with Crippen molar-refractivity contribution in [2.24, 2.45) is 5.92 Å². The lowest BCUT2D eigenvalue weighted by atomic mass is 9.99. The highest BCUT2D eigenvalue weighted by Crippen LogP contribution is 2.19. The fourth-order valence-corrected chi connectivity index (χ4v) is 3.22. The van der Waals surface area contributed by atoms with Crippen LogP contribution in [0.1, 0.15) is 50.2 Å². The second kappa shape index (κ2) is 18.5. The van der Waals surface area contributed by atoms with Crippen molar-refractivity contribution in [1.29, 1.82) is 0 Å². The van der Waals surface area contributed by atoms with Crippen LogP contribution in [-0.2, 0) is 23.9 Å². The zero-order valence-electron chi connectivity index (χ0n) is 19.9. The van der Waals surface area contributed by atoms with Crippen molar-refractivity contribution in [3.05, 3.63) is 61.2 Å². The summed E-state index contributed by atoms with van der Waals surface area (Å²) in [5.41, 5.74) is 0.781. The Balaban J connectivity index is 2.64. The first-order valence-corrected chi connectivity index (χ1v) is 11.7. The molecule has 1 aromatic rings. The summed E-state index contributed by atoms with van der Waals surface area (Å²) in [6.07, 6.45) is 5.84. The minimum Gasteiger partial charge on any atom is -0.456 e. The Morgan fingerprint density at radius 3 is 2.47 bits per heavy atom. The molecule has 0 radical (unpaired) electrons. The number of rotatable bonds is 19. The Morgan fingerprint density at radius 1 is 1.03 bits per heavy atom. The minimum absolute atomic E-state index is 0.00303. The van der Waals surface area contributed by atoms with E-state index in [0.29, 0.717) is 25.8 Å². The fourth-order valence-electron chi connectivity index (χ4n) is 3.22. The molecule has 188 valence electrons. The molecule has 0 aliphatic heterocycles. The molecule has 0 aromatic heterocycles. The molecule has 0 saturated carbocycles. The van der Waals surface area contributed by atoms with E-state index in [1.807, 2.05) is 36.4 Å². The van der Waals surface area contributed by atoms with Gasteiger partial charge < -0.3 is 25.2 Å². The quantitative estimate of drug-likeness (QED) is 0.161. The third kappa shape index (κ3) is 12.9. The van der Waals surface area contributed by atoms with Crippen molar-refractivity contribution in [2.75, 3.05) is 32.9 Å². The molecule has 0 heterocycles. The number of carbonyl (C=O) groups is 3. The zero-order chi connectivity index (χ0) is 25.0. The van der Waals surface area contributed by atoms with Gasteiger partial charge in [0.15, 0.2) is 0 Å². The Hall–Kier alpha value is -2.97. The maximum absolute atomic E-state index is 12.8. The third-order valence-corrected chi connectivity index (χ3v) is 5.00. The topological polar surface area (TPSA) is 114 Å². The summed E-state index contributed by atoms with van der Waals surface area (Å²) in [7, 11) is 0. The number of nitrogens with one attached hydrogen (secondary N) is 2. The first-order chi connectivity index (χ1) is 16.5. The Morgan fingerprint density at radius 2 is 1.79 bits per heavy atom. The Bertz CT molecular complexity index is 753. The van der Waals surface area contributed by atoms with Gasteiger partial charge in [-0.1, -0.05) is 42.5 Å². The van der Waals surface area contributed by atoms with E-state index in [9.17, 15) is 14.4 Å².